The van der Waals surface area contributed by atoms with Crippen molar-refractivity contribution >= 4 is 17.4 Å². The lowest BCUT2D eigenvalue weighted by molar-refractivity contribution is -0.122. The summed E-state index contributed by atoms with van der Waals surface area (Å²) in [4.78, 5) is 26.7. The average Bonchev–Trinajstić information content (AvgIpc) is 3.35. The number of carbonyl (C=O) groups is 2. The first kappa shape index (κ1) is 15.4. The molecule has 2 aromatic carbocycles. The van der Waals surface area contributed by atoms with E-state index < -0.39 is 5.41 Å². The standard InChI is InChI=1S/C22H19NO3/c1-26-16-10-7-13(8-11-16)20(24)19-14-6-9-15(12-14)22(19)17-4-2-3-5-18(17)23-21(22)25/h2-11,14-15,19H,12H2,1H3,(H,23,25)/t14-,15+,19-,22-/m1/s1. The molecule has 0 saturated heterocycles. The van der Waals surface area contributed by atoms with Gasteiger partial charge in [0.2, 0.25) is 5.91 Å². The Labute approximate surface area is 151 Å². The van der Waals surface area contributed by atoms with Crippen molar-refractivity contribution in [1.82, 2.24) is 0 Å². The van der Waals surface area contributed by atoms with Crippen LogP contribution in [0.2, 0.25) is 0 Å². The number of allylic oxidation sites excluding steroid dienone is 2. The SMILES string of the molecule is COc1ccc(C(=O)[C@H]2[C@@H]3C=C[C@@H](C3)[C@]23C(=O)Nc2ccccc23)cc1. The van der Waals surface area contributed by atoms with Crippen LogP contribution in [0.3, 0.4) is 0 Å². The molecule has 1 heterocycles. The van der Waals surface area contributed by atoms with E-state index >= 15 is 0 Å². The number of amides is 1. The Hall–Kier alpha value is -2.88. The normalized spacial score (nSPS) is 30.5. The maximum Gasteiger partial charge on any atom is 0.236 e. The highest BCUT2D eigenvalue weighted by molar-refractivity contribution is 6.13. The van der Waals surface area contributed by atoms with Crippen LogP contribution in [0.15, 0.2) is 60.7 Å². The fourth-order valence-corrected chi connectivity index (χ4v) is 5.19. The maximum atomic E-state index is 13.5. The van der Waals surface area contributed by atoms with Crippen LogP contribution in [0, 0.1) is 17.8 Å². The van der Waals surface area contributed by atoms with Crippen molar-refractivity contribution in [2.45, 2.75) is 11.8 Å². The zero-order chi connectivity index (χ0) is 17.9. The third kappa shape index (κ3) is 1.79. The molecule has 1 spiro atoms. The molecule has 1 amide bonds. The smallest absolute Gasteiger partial charge is 0.236 e. The summed E-state index contributed by atoms with van der Waals surface area (Å²) in [5.74, 6) is 0.524. The van der Waals surface area contributed by atoms with E-state index in [1.165, 1.54) is 0 Å². The van der Waals surface area contributed by atoms with Crippen LogP contribution >= 0.6 is 0 Å². The highest BCUT2D eigenvalue weighted by Gasteiger charge is 2.66. The van der Waals surface area contributed by atoms with Gasteiger partial charge in [0.15, 0.2) is 5.78 Å². The van der Waals surface area contributed by atoms with Crippen molar-refractivity contribution in [2.75, 3.05) is 12.4 Å². The number of carbonyl (C=O) groups excluding carboxylic acids is 2. The number of fused-ring (bicyclic) bond motifs is 5. The second kappa shape index (κ2) is 5.31. The monoisotopic (exact) mass is 345 g/mol. The number of hydrogen-bond acceptors (Lipinski definition) is 3. The molecule has 130 valence electrons. The molecule has 0 aromatic heterocycles. The Morgan fingerprint density at radius 1 is 1.12 bits per heavy atom. The van der Waals surface area contributed by atoms with Gasteiger partial charge in [-0.05, 0) is 54.2 Å². The predicted octanol–water partition coefficient (Wildman–Crippen LogP) is 3.59. The molecule has 4 atom stereocenters. The maximum absolute atomic E-state index is 13.5. The van der Waals surface area contributed by atoms with Crippen LogP contribution in [-0.4, -0.2) is 18.8 Å². The van der Waals surface area contributed by atoms with Crippen molar-refractivity contribution in [3.63, 3.8) is 0 Å². The van der Waals surface area contributed by atoms with E-state index in [4.69, 9.17) is 4.74 Å². The van der Waals surface area contributed by atoms with E-state index in [1.807, 2.05) is 24.3 Å². The Balaban J connectivity index is 1.65. The third-order valence-electron chi connectivity index (χ3n) is 6.27. The van der Waals surface area contributed by atoms with Crippen LogP contribution in [0.5, 0.6) is 5.75 Å². The number of benzene rings is 2. The molecule has 26 heavy (non-hydrogen) atoms. The van der Waals surface area contributed by atoms with Gasteiger partial charge in [0, 0.05) is 17.2 Å². The van der Waals surface area contributed by atoms with E-state index in [9.17, 15) is 9.59 Å². The fraction of sp³-hybridized carbons (Fsp3) is 0.273. The number of hydrogen-bond donors (Lipinski definition) is 1. The van der Waals surface area contributed by atoms with Crippen LogP contribution in [-0.2, 0) is 10.2 Å². The lowest BCUT2D eigenvalue weighted by Crippen LogP contribution is -2.48. The van der Waals surface area contributed by atoms with E-state index in [1.54, 1.807) is 31.4 Å². The van der Waals surface area contributed by atoms with E-state index in [-0.39, 0.29) is 29.4 Å². The van der Waals surface area contributed by atoms with Gasteiger partial charge >= 0.3 is 0 Å². The minimum atomic E-state index is -0.785. The lowest BCUT2D eigenvalue weighted by atomic mass is 9.63. The quantitative estimate of drug-likeness (QED) is 0.683. The lowest BCUT2D eigenvalue weighted by Gasteiger charge is -2.36. The highest BCUT2D eigenvalue weighted by Crippen LogP contribution is 2.61. The Kier molecular flexibility index (Phi) is 3.14. The second-order valence-electron chi connectivity index (χ2n) is 7.33. The largest absolute Gasteiger partial charge is 0.497 e. The summed E-state index contributed by atoms with van der Waals surface area (Å²) in [7, 11) is 1.60. The van der Waals surface area contributed by atoms with Crippen LogP contribution in [0.1, 0.15) is 22.3 Å². The minimum absolute atomic E-state index is 0.0383. The van der Waals surface area contributed by atoms with Crippen LogP contribution < -0.4 is 10.1 Å². The van der Waals surface area contributed by atoms with E-state index in [0.29, 0.717) is 11.3 Å². The van der Waals surface area contributed by atoms with Crippen molar-refractivity contribution in [1.29, 1.82) is 0 Å². The van der Waals surface area contributed by atoms with Gasteiger partial charge in [-0.2, -0.15) is 0 Å². The number of ketones is 1. The summed E-state index contributed by atoms with van der Waals surface area (Å²) < 4.78 is 5.19. The molecule has 2 aromatic rings. The fourth-order valence-electron chi connectivity index (χ4n) is 5.19. The average molecular weight is 345 g/mol. The van der Waals surface area contributed by atoms with E-state index in [0.717, 1.165) is 17.7 Å². The van der Waals surface area contributed by atoms with Gasteiger partial charge in [0.05, 0.1) is 12.5 Å². The molecule has 0 unspecified atom stereocenters. The Bertz CT molecular complexity index is 946. The molecule has 1 N–H and O–H groups in total. The number of anilines is 1. The third-order valence-corrected chi connectivity index (χ3v) is 6.27. The molecular formula is C22H19NO3. The highest BCUT2D eigenvalue weighted by atomic mass is 16.5. The summed E-state index contributed by atoms with van der Waals surface area (Å²) in [6, 6.07) is 15.0. The summed E-state index contributed by atoms with van der Waals surface area (Å²) in [5, 5.41) is 3.02. The molecule has 2 bridgehead atoms. The second-order valence-corrected chi connectivity index (χ2v) is 7.33. The topological polar surface area (TPSA) is 55.4 Å². The van der Waals surface area contributed by atoms with Gasteiger partial charge in [0.25, 0.3) is 0 Å². The van der Waals surface area contributed by atoms with Gasteiger partial charge in [0.1, 0.15) is 5.75 Å². The van der Waals surface area contributed by atoms with Gasteiger partial charge in [-0.1, -0.05) is 30.4 Å². The molecule has 4 heteroatoms. The number of nitrogens with one attached hydrogen (secondary N) is 1. The number of ether oxygens (including phenoxy) is 1. The molecule has 4 nitrogen and oxygen atoms in total. The van der Waals surface area contributed by atoms with Gasteiger partial charge < -0.3 is 10.1 Å². The predicted molar refractivity (Wildman–Crippen MR) is 98.3 cm³/mol. The van der Waals surface area contributed by atoms with Crippen molar-refractivity contribution in [2.24, 2.45) is 17.8 Å². The first-order chi connectivity index (χ1) is 12.7. The van der Waals surface area contributed by atoms with Crippen molar-refractivity contribution in [3.05, 3.63) is 71.8 Å². The van der Waals surface area contributed by atoms with Crippen molar-refractivity contribution in [3.8, 4) is 5.75 Å². The molecule has 3 aliphatic rings. The molecule has 1 fully saturated rings. The first-order valence-corrected chi connectivity index (χ1v) is 8.94. The number of methoxy groups -OCH3 is 1. The Morgan fingerprint density at radius 3 is 2.65 bits per heavy atom. The summed E-state index contributed by atoms with van der Waals surface area (Å²) in [6.45, 7) is 0. The molecule has 5 rings (SSSR count). The molecular weight excluding hydrogens is 326 g/mol. The molecule has 1 saturated carbocycles. The molecule has 2 aliphatic carbocycles. The number of rotatable bonds is 3. The summed E-state index contributed by atoms with van der Waals surface area (Å²) >= 11 is 0. The molecule has 0 radical (unpaired) electrons. The minimum Gasteiger partial charge on any atom is -0.497 e. The Morgan fingerprint density at radius 2 is 1.88 bits per heavy atom. The van der Waals surface area contributed by atoms with Crippen LogP contribution in [0.25, 0.3) is 0 Å². The number of Topliss-reactive ketones (excluding diaryl/α,β-unsaturated/α-hetero) is 1. The molecule has 1 aliphatic heterocycles. The zero-order valence-electron chi connectivity index (χ0n) is 14.4. The van der Waals surface area contributed by atoms with Crippen LogP contribution in [0.4, 0.5) is 5.69 Å². The van der Waals surface area contributed by atoms with Gasteiger partial charge in [-0.3, -0.25) is 9.59 Å². The summed E-state index contributed by atoms with van der Waals surface area (Å²) in [5.41, 5.74) is 1.65. The van der Waals surface area contributed by atoms with Gasteiger partial charge in [-0.15, -0.1) is 0 Å². The zero-order valence-corrected chi connectivity index (χ0v) is 14.4. The van der Waals surface area contributed by atoms with E-state index in [2.05, 4.69) is 17.5 Å². The van der Waals surface area contributed by atoms with Gasteiger partial charge in [-0.25, -0.2) is 0 Å². The van der Waals surface area contributed by atoms with Crippen molar-refractivity contribution < 1.29 is 14.3 Å². The first-order valence-electron chi connectivity index (χ1n) is 8.94. The number of para-hydroxylation sites is 1. The summed E-state index contributed by atoms with van der Waals surface area (Å²) in [6.07, 6.45) is 5.11.